The molecule has 0 saturated carbocycles. The van der Waals surface area contributed by atoms with Gasteiger partial charge in [0.05, 0.1) is 16.9 Å². The van der Waals surface area contributed by atoms with Crippen LogP contribution in [-0.2, 0) is 5.41 Å². The second kappa shape index (κ2) is 5.20. The summed E-state index contributed by atoms with van der Waals surface area (Å²) >= 11 is 7.47. The molecule has 0 aliphatic carbocycles. The number of aromatic nitrogens is 1. The lowest BCUT2D eigenvalue weighted by Crippen LogP contribution is -2.11. The number of hydrogen-bond donors (Lipinski definition) is 1. The van der Waals surface area contributed by atoms with E-state index in [0.717, 1.165) is 10.8 Å². The zero-order chi connectivity index (χ0) is 14.0. The van der Waals surface area contributed by atoms with Crippen molar-refractivity contribution in [3.05, 3.63) is 39.9 Å². The van der Waals surface area contributed by atoms with E-state index in [-0.39, 0.29) is 5.41 Å². The first-order valence-electron chi connectivity index (χ1n) is 5.83. The van der Waals surface area contributed by atoms with E-state index in [4.69, 9.17) is 16.9 Å². The number of nitrogens with one attached hydrogen (secondary N) is 1. The topological polar surface area (TPSA) is 48.7 Å². The van der Waals surface area contributed by atoms with E-state index < -0.39 is 0 Å². The Kier molecular flexibility index (Phi) is 3.79. The van der Waals surface area contributed by atoms with Crippen molar-refractivity contribution < 1.29 is 0 Å². The third-order valence-electron chi connectivity index (χ3n) is 2.62. The molecule has 98 valence electrons. The normalized spacial score (nSPS) is 11.1. The Morgan fingerprint density at radius 3 is 2.68 bits per heavy atom. The monoisotopic (exact) mass is 291 g/mol. The van der Waals surface area contributed by atoms with E-state index in [1.165, 1.54) is 11.3 Å². The van der Waals surface area contributed by atoms with Crippen LogP contribution in [0.5, 0.6) is 0 Å². The second-order valence-electron chi connectivity index (χ2n) is 5.21. The maximum absolute atomic E-state index is 9.07. The molecule has 5 heteroatoms. The van der Waals surface area contributed by atoms with Crippen LogP contribution in [0.15, 0.2) is 23.6 Å². The largest absolute Gasteiger partial charge is 0.330 e. The SMILES string of the molecule is CC(C)(C)c1csc(Nc2cc(Cl)ccc2C#N)n1. The number of benzene rings is 1. The lowest BCUT2D eigenvalue weighted by atomic mass is 9.93. The Morgan fingerprint density at radius 2 is 2.11 bits per heavy atom. The van der Waals surface area contributed by atoms with Crippen molar-refractivity contribution in [1.82, 2.24) is 4.98 Å². The molecule has 0 fully saturated rings. The molecule has 1 heterocycles. The number of thiazole rings is 1. The zero-order valence-electron chi connectivity index (χ0n) is 11.0. The molecule has 0 atom stereocenters. The van der Waals surface area contributed by atoms with Crippen molar-refractivity contribution in [2.45, 2.75) is 26.2 Å². The summed E-state index contributed by atoms with van der Waals surface area (Å²) in [5, 5.41) is 15.6. The predicted molar refractivity (Wildman–Crippen MR) is 80.3 cm³/mol. The van der Waals surface area contributed by atoms with Crippen LogP contribution < -0.4 is 5.32 Å². The van der Waals surface area contributed by atoms with Gasteiger partial charge in [-0.2, -0.15) is 5.26 Å². The summed E-state index contributed by atoms with van der Waals surface area (Å²) < 4.78 is 0. The van der Waals surface area contributed by atoms with Crippen molar-refractivity contribution in [2.75, 3.05) is 5.32 Å². The van der Waals surface area contributed by atoms with Gasteiger partial charge in [0.1, 0.15) is 6.07 Å². The van der Waals surface area contributed by atoms with Gasteiger partial charge in [-0.1, -0.05) is 32.4 Å². The second-order valence-corrected chi connectivity index (χ2v) is 6.51. The van der Waals surface area contributed by atoms with Gasteiger partial charge >= 0.3 is 0 Å². The molecule has 0 aliphatic rings. The molecule has 2 rings (SSSR count). The third-order valence-corrected chi connectivity index (χ3v) is 3.61. The van der Waals surface area contributed by atoms with Crippen LogP contribution in [-0.4, -0.2) is 4.98 Å². The van der Waals surface area contributed by atoms with Crippen molar-refractivity contribution >= 4 is 33.8 Å². The number of nitriles is 1. The quantitative estimate of drug-likeness (QED) is 0.872. The van der Waals surface area contributed by atoms with Crippen LogP contribution in [0.25, 0.3) is 0 Å². The first-order chi connectivity index (χ1) is 8.90. The highest BCUT2D eigenvalue weighted by Crippen LogP contribution is 2.30. The average Bonchev–Trinajstić information content (AvgIpc) is 2.77. The Morgan fingerprint density at radius 1 is 1.37 bits per heavy atom. The highest BCUT2D eigenvalue weighted by molar-refractivity contribution is 7.13. The number of nitrogens with zero attached hydrogens (tertiary/aromatic N) is 2. The van der Waals surface area contributed by atoms with E-state index >= 15 is 0 Å². The summed E-state index contributed by atoms with van der Waals surface area (Å²) in [5.74, 6) is 0. The highest BCUT2D eigenvalue weighted by atomic mass is 35.5. The van der Waals surface area contributed by atoms with Crippen LogP contribution >= 0.6 is 22.9 Å². The fourth-order valence-corrected chi connectivity index (χ4v) is 2.63. The van der Waals surface area contributed by atoms with Gasteiger partial charge in [-0.15, -0.1) is 11.3 Å². The van der Waals surface area contributed by atoms with Gasteiger partial charge < -0.3 is 5.32 Å². The lowest BCUT2D eigenvalue weighted by molar-refractivity contribution is 0.573. The summed E-state index contributed by atoms with van der Waals surface area (Å²) in [6, 6.07) is 7.27. The van der Waals surface area contributed by atoms with E-state index in [9.17, 15) is 0 Å². The molecule has 19 heavy (non-hydrogen) atoms. The first-order valence-corrected chi connectivity index (χ1v) is 7.08. The Bertz CT molecular complexity index is 635. The van der Waals surface area contributed by atoms with E-state index in [1.807, 2.05) is 5.38 Å². The lowest BCUT2D eigenvalue weighted by Gasteiger charge is -2.14. The molecule has 0 saturated heterocycles. The Labute approximate surface area is 121 Å². The first kappa shape index (κ1) is 13.9. The van der Waals surface area contributed by atoms with Crippen LogP contribution in [0.2, 0.25) is 5.02 Å². The highest BCUT2D eigenvalue weighted by Gasteiger charge is 2.17. The summed E-state index contributed by atoms with van der Waals surface area (Å²) in [7, 11) is 0. The van der Waals surface area contributed by atoms with Crippen LogP contribution in [0.1, 0.15) is 32.0 Å². The summed E-state index contributed by atoms with van der Waals surface area (Å²) in [6.45, 7) is 6.35. The predicted octanol–water partition coefficient (Wildman–Crippen LogP) is 4.71. The Hall–Kier alpha value is -1.57. The molecule has 0 unspecified atom stereocenters. The van der Waals surface area contributed by atoms with Gasteiger partial charge in [-0.25, -0.2) is 4.98 Å². The molecule has 0 bridgehead atoms. The minimum absolute atomic E-state index is 0.0167. The fraction of sp³-hybridized carbons (Fsp3) is 0.286. The summed E-state index contributed by atoms with van der Waals surface area (Å²) in [5.41, 5.74) is 2.28. The number of halogens is 1. The van der Waals surface area contributed by atoms with Crippen LogP contribution in [0.3, 0.4) is 0 Å². The van der Waals surface area contributed by atoms with Crippen LogP contribution in [0, 0.1) is 11.3 Å². The van der Waals surface area contributed by atoms with Gasteiger partial charge in [-0.3, -0.25) is 0 Å². The van der Waals surface area contributed by atoms with Crippen molar-refractivity contribution in [1.29, 1.82) is 5.26 Å². The van der Waals surface area contributed by atoms with Gasteiger partial charge in [0.15, 0.2) is 5.13 Å². The minimum atomic E-state index is 0.0167. The number of hydrogen-bond acceptors (Lipinski definition) is 4. The van der Waals surface area contributed by atoms with Crippen molar-refractivity contribution in [3.63, 3.8) is 0 Å². The molecule has 2 aromatic rings. The van der Waals surface area contributed by atoms with E-state index in [1.54, 1.807) is 18.2 Å². The van der Waals surface area contributed by atoms with Gasteiger partial charge in [-0.05, 0) is 18.2 Å². The zero-order valence-corrected chi connectivity index (χ0v) is 12.6. The number of anilines is 2. The van der Waals surface area contributed by atoms with Gasteiger partial charge in [0.25, 0.3) is 0 Å². The molecular formula is C14H14ClN3S. The maximum Gasteiger partial charge on any atom is 0.187 e. The molecule has 0 spiro atoms. The van der Waals surface area contributed by atoms with Crippen molar-refractivity contribution in [3.8, 4) is 6.07 Å². The summed E-state index contributed by atoms with van der Waals surface area (Å²) in [4.78, 5) is 4.54. The molecule has 0 amide bonds. The van der Waals surface area contributed by atoms with Gasteiger partial charge in [0.2, 0.25) is 0 Å². The average molecular weight is 292 g/mol. The third kappa shape index (κ3) is 3.25. The standard InChI is InChI=1S/C14H14ClN3S/c1-14(2,3)12-8-19-13(18-12)17-11-6-10(15)5-4-9(11)7-16/h4-6,8H,1-3H3,(H,17,18). The van der Waals surface area contributed by atoms with E-state index in [0.29, 0.717) is 16.3 Å². The summed E-state index contributed by atoms with van der Waals surface area (Å²) in [6.07, 6.45) is 0. The molecule has 0 radical (unpaired) electrons. The molecule has 1 aromatic heterocycles. The molecule has 1 aromatic carbocycles. The maximum atomic E-state index is 9.07. The number of rotatable bonds is 2. The van der Waals surface area contributed by atoms with Crippen molar-refractivity contribution in [2.24, 2.45) is 0 Å². The molecule has 1 N–H and O–H groups in total. The van der Waals surface area contributed by atoms with Crippen LogP contribution in [0.4, 0.5) is 10.8 Å². The smallest absolute Gasteiger partial charge is 0.187 e. The van der Waals surface area contributed by atoms with Gasteiger partial charge in [0, 0.05) is 15.8 Å². The van der Waals surface area contributed by atoms with E-state index in [2.05, 4.69) is 37.1 Å². The molecule has 3 nitrogen and oxygen atoms in total. The molecule has 0 aliphatic heterocycles. The minimum Gasteiger partial charge on any atom is -0.330 e. The fourth-order valence-electron chi connectivity index (χ4n) is 1.51. The Balaban J connectivity index is 2.29. The molecular weight excluding hydrogens is 278 g/mol.